The number of hydrogen-bond donors (Lipinski definition) is 0. The first kappa shape index (κ1) is 23.7. The molecule has 0 atom stereocenters. The van der Waals surface area contributed by atoms with Crippen LogP contribution in [0.2, 0.25) is 0 Å². The molecule has 1 fully saturated rings. The summed E-state index contributed by atoms with van der Waals surface area (Å²) in [6.45, 7) is 8.55. The second-order valence-electron chi connectivity index (χ2n) is 8.91. The first-order valence-electron chi connectivity index (χ1n) is 10.1. The van der Waals surface area contributed by atoms with Gasteiger partial charge >= 0.3 is 190 Å². The second kappa shape index (κ2) is 9.28. The van der Waals surface area contributed by atoms with Gasteiger partial charge < -0.3 is 0 Å². The van der Waals surface area contributed by atoms with E-state index in [1.165, 1.54) is 0 Å². The van der Waals surface area contributed by atoms with Gasteiger partial charge in [0.1, 0.15) is 0 Å². The van der Waals surface area contributed by atoms with Crippen LogP contribution in [0.25, 0.3) is 0 Å². The summed E-state index contributed by atoms with van der Waals surface area (Å²) in [5.41, 5.74) is -0.877. The summed E-state index contributed by atoms with van der Waals surface area (Å²) in [6.07, 6.45) is 0. The van der Waals surface area contributed by atoms with E-state index in [0.717, 1.165) is 0 Å². The fourth-order valence-corrected chi connectivity index (χ4v) is 10.6. The van der Waals surface area contributed by atoms with Crippen molar-refractivity contribution in [2.75, 3.05) is 20.1 Å². The van der Waals surface area contributed by atoms with E-state index in [9.17, 15) is 9.59 Å². The third kappa shape index (κ3) is 6.52. The fourth-order valence-electron chi connectivity index (χ4n) is 3.72. The van der Waals surface area contributed by atoms with Crippen molar-refractivity contribution >= 4 is 32.0 Å². The molecule has 7 nitrogen and oxygen atoms in total. The number of benzene rings is 2. The number of nitrogens with zero attached hydrogens (tertiary/aromatic N) is 1. The average Bonchev–Trinajstić information content (AvgIpc) is 2.66. The minimum absolute atomic E-state index is 0.330. The van der Waals surface area contributed by atoms with Crippen LogP contribution in [0.5, 0.6) is 0 Å². The van der Waals surface area contributed by atoms with Crippen molar-refractivity contribution in [3.63, 3.8) is 0 Å². The standard InChI is InChI=1S/C9H19NO2.2C7H6O2.Sn/c1-8(2,11)6-10(5)7-9(3,4)12;2*8-7(9)6-4-2-1-3-5-6;/h6-7H2,1-5H3;2*1-5H,(H,8,9);/q-2;;;+4/p-2. The van der Waals surface area contributed by atoms with E-state index in [0.29, 0.717) is 24.2 Å². The van der Waals surface area contributed by atoms with Crippen molar-refractivity contribution in [1.82, 2.24) is 4.90 Å². The maximum atomic E-state index is 13.0. The molecule has 1 saturated heterocycles. The number of carbonyl (C=O) groups is 2. The molecule has 0 unspecified atom stereocenters. The molecule has 1 aliphatic rings. The van der Waals surface area contributed by atoms with Gasteiger partial charge in [0.15, 0.2) is 0 Å². The second-order valence-corrected chi connectivity index (χ2v) is 14.1. The Hall–Kier alpha value is -1.94. The molecule has 2 aromatic rings. The molecule has 166 valence electrons. The molecule has 3 rings (SSSR count). The molecule has 1 heterocycles. The van der Waals surface area contributed by atoms with Gasteiger partial charge in [-0.1, -0.05) is 0 Å². The molecule has 8 heteroatoms. The Balaban J connectivity index is 2.00. The van der Waals surface area contributed by atoms with Gasteiger partial charge in [-0.3, -0.25) is 0 Å². The monoisotopic (exact) mass is 535 g/mol. The van der Waals surface area contributed by atoms with Crippen molar-refractivity contribution < 1.29 is 21.9 Å². The summed E-state index contributed by atoms with van der Waals surface area (Å²) >= 11 is -5.26. The zero-order chi connectivity index (χ0) is 22.7. The third-order valence-electron chi connectivity index (χ3n) is 4.56. The van der Waals surface area contributed by atoms with Gasteiger partial charge in [-0.2, -0.15) is 0 Å². The molecule has 0 spiro atoms. The van der Waals surface area contributed by atoms with Gasteiger partial charge in [-0.15, -0.1) is 0 Å². The Morgan fingerprint density at radius 1 is 0.774 bits per heavy atom. The van der Waals surface area contributed by atoms with Crippen LogP contribution in [0.15, 0.2) is 60.7 Å². The molecule has 0 radical (unpaired) electrons. The van der Waals surface area contributed by atoms with Crippen molar-refractivity contribution in [1.29, 1.82) is 0 Å². The topological polar surface area (TPSA) is 74.3 Å². The van der Waals surface area contributed by atoms with Gasteiger partial charge in [-0.05, 0) is 0 Å². The molecule has 2 aromatic carbocycles. The van der Waals surface area contributed by atoms with E-state index < -0.39 is 43.2 Å². The Bertz CT molecular complexity index is 841. The van der Waals surface area contributed by atoms with Gasteiger partial charge in [0.05, 0.1) is 0 Å². The van der Waals surface area contributed by atoms with Crippen molar-refractivity contribution in [3.8, 4) is 0 Å². The average molecular weight is 534 g/mol. The predicted octanol–water partition coefficient (Wildman–Crippen LogP) is 3.67. The predicted molar refractivity (Wildman–Crippen MR) is 117 cm³/mol. The Labute approximate surface area is 189 Å². The molecule has 0 saturated carbocycles. The van der Waals surface area contributed by atoms with Crippen molar-refractivity contribution in [2.45, 2.75) is 38.9 Å². The van der Waals surface area contributed by atoms with E-state index in [-0.39, 0.29) is 0 Å². The summed E-state index contributed by atoms with van der Waals surface area (Å²) < 4.78 is 24.4. The molecule has 0 aliphatic carbocycles. The van der Waals surface area contributed by atoms with E-state index in [4.69, 9.17) is 12.3 Å². The molecule has 0 aromatic heterocycles. The van der Waals surface area contributed by atoms with E-state index in [1.54, 1.807) is 60.7 Å². The van der Waals surface area contributed by atoms with Gasteiger partial charge in [0, 0.05) is 0 Å². The van der Waals surface area contributed by atoms with Crippen molar-refractivity contribution in [2.24, 2.45) is 0 Å². The van der Waals surface area contributed by atoms with Crippen LogP contribution in [0, 0.1) is 0 Å². The van der Waals surface area contributed by atoms with Crippen LogP contribution >= 0.6 is 0 Å². The zero-order valence-electron chi connectivity index (χ0n) is 18.6. The van der Waals surface area contributed by atoms with Crippen LogP contribution in [0.3, 0.4) is 0 Å². The van der Waals surface area contributed by atoms with E-state index >= 15 is 0 Å². The van der Waals surface area contributed by atoms with Crippen LogP contribution in [-0.2, 0) is 12.3 Å². The third-order valence-corrected chi connectivity index (χ3v) is 11.6. The van der Waals surface area contributed by atoms with Gasteiger partial charge in [-0.25, -0.2) is 0 Å². The number of rotatable bonds is 4. The van der Waals surface area contributed by atoms with Gasteiger partial charge in [0.25, 0.3) is 0 Å². The summed E-state index contributed by atoms with van der Waals surface area (Å²) in [5, 5.41) is 0. The first-order valence-corrected chi connectivity index (χ1v) is 14.8. The maximum absolute atomic E-state index is 13.0. The van der Waals surface area contributed by atoms with Crippen LogP contribution < -0.4 is 0 Å². The van der Waals surface area contributed by atoms with Crippen LogP contribution in [0.4, 0.5) is 0 Å². The normalized spacial score (nSPS) is 20.2. The molecule has 0 bridgehead atoms. The van der Waals surface area contributed by atoms with Crippen molar-refractivity contribution in [3.05, 3.63) is 71.8 Å². The number of likely N-dealkylation sites (N-methyl/N-ethyl adjacent to an activating group) is 1. The molecular formula is C23H29NO6Sn. The molecule has 0 N–H and O–H groups in total. The summed E-state index contributed by atoms with van der Waals surface area (Å²) in [5.74, 6) is -1.28. The van der Waals surface area contributed by atoms with E-state index in [1.807, 2.05) is 34.7 Å². The summed E-state index contributed by atoms with van der Waals surface area (Å²) in [6, 6.07) is 17.1. The molecule has 0 amide bonds. The van der Waals surface area contributed by atoms with E-state index in [2.05, 4.69) is 4.90 Å². The van der Waals surface area contributed by atoms with Gasteiger partial charge in [0.2, 0.25) is 0 Å². The minimum atomic E-state index is -5.26. The molecular weight excluding hydrogens is 505 g/mol. The quantitative estimate of drug-likeness (QED) is 0.555. The fraction of sp³-hybridized carbons (Fsp3) is 0.391. The Morgan fingerprint density at radius 2 is 1.13 bits per heavy atom. The zero-order valence-corrected chi connectivity index (χ0v) is 21.4. The summed E-state index contributed by atoms with van der Waals surface area (Å²) in [4.78, 5) is 28.1. The summed E-state index contributed by atoms with van der Waals surface area (Å²) in [7, 11) is 1.96. The molecule has 1 aliphatic heterocycles. The Kier molecular flexibility index (Phi) is 7.10. The van der Waals surface area contributed by atoms with Crippen LogP contribution in [-0.4, -0.2) is 68.2 Å². The Morgan fingerprint density at radius 3 is 1.48 bits per heavy atom. The SMILES string of the molecule is CN1CC(C)(C)[O][Sn]([O]C(=O)c2ccccc2)([O]C(=O)c2ccccc2)[O]C(C)(C)C1. The van der Waals surface area contributed by atoms with Crippen LogP contribution in [0.1, 0.15) is 48.4 Å². The number of hydrogen-bond acceptors (Lipinski definition) is 7. The first-order chi connectivity index (χ1) is 14.5. The number of carbonyl (C=O) groups excluding carboxylic acids is 2. The molecule has 31 heavy (non-hydrogen) atoms.